The van der Waals surface area contributed by atoms with Crippen LogP contribution in [0, 0.1) is 0 Å². The number of hydrazine groups is 2. The minimum absolute atomic E-state index is 0.105. The van der Waals surface area contributed by atoms with Crippen molar-refractivity contribution in [2.45, 2.75) is 6.42 Å². The average molecular weight is 424 g/mol. The van der Waals surface area contributed by atoms with Crippen LogP contribution in [0.5, 0.6) is 11.5 Å². The van der Waals surface area contributed by atoms with Gasteiger partial charge in [-0.05, 0) is 41.8 Å². The van der Waals surface area contributed by atoms with Crippen molar-refractivity contribution in [2.24, 2.45) is 11.7 Å². The molecule has 0 aliphatic carbocycles. The summed E-state index contributed by atoms with van der Waals surface area (Å²) < 4.78 is 21.8. The maximum absolute atomic E-state index is 5.49. The van der Waals surface area contributed by atoms with Crippen LogP contribution in [0.3, 0.4) is 0 Å². The molecule has 0 radical (unpaired) electrons. The number of rotatable bonds is 8. The molecule has 2 aromatic heterocycles. The van der Waals surface area contributed by atoms with Gasteiger partial charge in [0.1, 0.15) is 11.5 Å². The van der Waals surface area contributed by atoms with Gasteiger partial charge in [0.2, 0.25) is 0 Å². The molecule has 6 N–H and O–H groups in total. The fraction of sp³-hybridized carbons (Fsp3) is 0.158. The first-order chi connectivity index (χ1) is 15.1. The number of nitrogen functional groups attached to an aromatic ring is 2. The second-order valence-electron chi connectivity index (χ2n) is 6.36. The third-order valence-electron chi connectivity index (χ3n) is 4.49. The van der Waals surface area contributed by atoms with E-state index in [4.69, 9.17) is 30.0 Å². The lowest BCUT2D eigenvalue weighted by molar-refractivity contribution is 0.414. The Kier molecular flexibility index (Phi) is 5.64. The molecule has 4 rings (SSSR count). The van der Waals surface area contributed by atoms with Crippen molar-refractivity contribution >= 4 is 12.0 Å². The van der Waals surface area contributed by atoms with Crippen molar-refractivity contribution in [2.75, 3.05) is 25.1 Å². The molecule has 2 aromatic carbocycles. The van der Waals surface area contributed by atoms with E-state index in [1.165, 1.54) is 0 Å². The van der Waals surface area contributed by atoms with Crippen LogP contribution in [0.2, 0.25) is 0 Å². The molecule has 31 heavy (non-hydrogen) atoms. The lowest BCUT2D eigenvalue weighted by Crippen LogP contribution is -2.06. The number of nitrogens with zero attached hydrogens (tertiary/aromatic N) is 4. The number of hydrogen-bond acceptors (Lipinski definition) is 12. The summed E-state index contributed by atoms with van der Waals surface area (Å²) in [6.45, 7) is 0. The first-order valence-electron chi connectivity index (χ1n) is 9.10. The summed E-state index contributed by atoms with van der Waals surface area (Å²) in [5, 5.41) is 15.6. The largest absolute Gasteiger partial charge is 0.496 e. The Labute approximate surface area is 176 Å². The van der Waals surface area contributed by atoms with Gasteiger partial charge in [0.15, 0.2) is 0 Å². The van der Waals surface area contributed by atoms with Gasteiger partial charge in [0.25, 0.3) is 11.8 Å². The Hall–Kier alpha value is -4.16. The minimum atomic E-state index is 0.105. The molecule has 0 unspecified atom stereocenters. The highest BCUT2D eigenvalue weighted by Gasteiger charge is 2.17. The van der Waals surface area contributed by atoms with Crippen LogP contribution in [-0.2, 0) is 6.42 Å². The van der Waals surface area contributed by atoms with Gasteiger partial charge in [-0.25, -0.2) is 11.7 Å². The molecule has 0 spiro atoms. The first-order valence-corrected chi connectivity index (χ1v) is 9.10. The van der Waals surface area contributed by atoms with Crippen LogP contribution < -0.4 is 32.0 Å². The lowest BCUT2D eigenvalue weighted by Gasteiger charge is -2.10. The molecular weight excluding hydrogens is 404 g/mol. The monoisotopic (exact) mass is 424 g/mol. The van der Waals surface area contributed by atoms with Gasteiger partial charge >= 0.3 is 12.0 Å². The Morgan fingerprint density at radius 1 is 0.742 bits per heavy atom. The molecule has 0 saturated carbocycles. The molecule has 0 atom stereocenters. The standard InChI is InChI=1S/C19H20N8O4/c1-28-14-5-3-10(8-12(14)16-24-26-18(22-20)30-16)7-11-4-6-15(29-2)13(9-11)17-25-27-19(23-21)31-17/h3-6,8-9H,7,20-21H2,1-2H3,(H,22,26)(H,23,27). The van der Waals surface area contributed by atoms with E-state index in [-0.39, 0.29) is 23.8 Å². The fourth-order valence-electron chi connectivity index (χ4n) is 3.08. The van der Waals surface area contributed by atoms with Gasteiger partial charge in [0.05, 0.1) is 25.3 Å². The third kappa shape index (κ3) is 4.10. The normalized spacial score (nSPS) is 10.7. The van der Waals surface area contributed by atoms with Crippen molar-refractivity contribution in [3.63, 3.8) is 0 Å². The molecule has 0 saturated heterocycles. The predicted octanol–water partition coefficient (Wildman–Crippen LogP) is 1.97. The zero-order valence-electron chi connectivity index (χ0n) is 16.7. The number of benzene rings is 2. The SMILES string of the molecule is COc1ccc(Cc2ccc(OC)c(-c3nnc(NN)o3)c2)cc1-c1nnc(NN)o1. The molecule has 0 aliphatic heterocycles. The number of methoxy groups -OCH3 is 2. The van der Waals surface area contributed by atoms with Crippen molar-refractivity contribution < 1.29 is 18.3 Å². The summed E-state index contributed by atoms with van der Waals surface area (Å²) in [6, 6.07) is 11.6. The summed E-state index contributed by atoms with van der Waals surface area (Å²) in [5.74, 6) is 12.4. The Morgan fingerprint density at radius 3 is 1.55 bits per heavy atom. The molecule has 2 heterocycles. The summed E-state index contributed by atoms with van der Waals surface area (Å²) >= 11 is 0. The number of aromatic nitrogens is 4. The van der Waals surface area contributed by atoms with Crippen LogP contribution >= 0.6 is 0 Å². The van der Waals surface area contributed by atoms with Gasteiger partial charge in [-0.15, -0.1) is 10.2 Å². The van der Waals surface area contributed by atoms with Crippen LogP contribution in [0.1, 0.15) is 11.1 Å². The van der Waals surface area contributed by atoms with E-state index in [0.717, 1.165) is 11.1 Å². The van der Waals surface area contributed by atoms with Crippen LogP contribution in [0.25, 0.3) is 22.9 Å². The van der Waals surface area contributed by atoms with E-state index in [9.17, 15) is 0 Å². The Balaban J connectivity index is 1.67. The van der Waals surface area contributed by atoms with E-state index in [1.54, 1.807) is 14.2 Å². The van der Waals surface area contributed by atoms with E-state index in [2.05, 4.69) is 31.2 Å². The maximum atomic E-state index is 5.49. The number of nitrogens with one attached hydrogen (secondary N) is 2. The predicted molar refractivity (Wildman–Crippen MR) is 111 cm³/mol. The van der Waals surface area contributed by atoms with E-state index in [1.807, 2.05) is 36.4 Å². The Bertz CT molecular complexity index is 1100. The van der Waals surface area contributed by atoms with Crippen LogP contribution in [0.15, 0.2) is 45.2 Å². The highest BCUT2D eigenvalue weighted by atomic mass is 16.5. The Morgan fingerprint density at radius 2 is 1.19 bits per heavy atom. The van der Waals surface area contributed by atoms with Crippen molar-refractivity contribution in [3.05, 3.63) is 47.5 Å². The van der Waals surface area contributed by atoms with E-state index in [0.29, 0.717) is 29.0 Å². The minimum Gasteiger partial charge on any atom is -0.496 e. The lowest BCUT2D eigenvalue weighted by atomic mass is 10.00. The number of ether oxygens (including phenoxy) is 2. The van der Waals surface area contributed by atoms with Crippen LogP contribution in [0.4, 0.5) is 12.0 Å². The second kappa shape index (κ2) is 8.69. The van der Waals surface area contributed by atoms with Crippen molar-refractivity contribution in [1.82, 2.24) is 20.4 Å². The van der Waals surface area contributed by atoms with Gasteiger partial charge in [0, 0.05) is 0 Å². The maximum Gasteiger partial charge on any atom is 0.330 e. The first kappa shape index (κ1) is 20.1. The third-order valence-corrected chi connectivity index (χ3v) is 4.49. The summed E-state index contributed by atoms with van der Waals surface area (Å²) in [4.78, 5) is 0. The van der Waals surface area contributed by atoms with E-state index < -0.39 is 0 Å². The summed E-state index contributed by atoms with van der Waals surface area (Å²) in [6.07, 6.45) is 0.597. The van der Waals surface area contributed by atoms with Gasteiger partial charge in [-0.3, -0.25) is 10.9 Å². The average Bonchev–Trinajstić information content (AvgIpc) is 3.48. The zero-order chi connectivity index (χ0) is 21.8. The molecule has 0 bridgehead atoms. The number of hydrogen-bond donors (Lipinski definition) is 4. The van der Waals surface area contributed by atoms with Gasteiger partial charge < -0.3 is 18.3 Å². The topological polar surface area (TPSA) is 172 Å². The molecule has 4 aromatic rings. The smallest absolute Gasteiger partial charge is 0.330 e. The summed E-state index contributed by atoms with van der Waals surface area (Å²) in [7, 11) is 3.14. The molecule has 12 nitrogen and oxygen atoms in total. The highest BCUT2D eigenvalue weighted by Crippen LogP contribution is 2.34. The molecule has 160 valence electrons. The van der Waals surface area contributed by atoms with E-state index >= 15 is 0 Å². The van der Waals surface area contributed by atoms with Crippen molar-refractivity contribution in [1.29, 1.82) is 0 Å². The number of anilines is 2. The zero-order valence-corrected chi connectivity index (χ0v) is 16.7. The molecule has 0 aliphatic rings. The molecule has 0 amide bonds. The molecular formula is C19H20N8O4. The van der Waals surface area contributed by atoms with Gasteiger partial charge in [-0.1, -0.05) is 22.3 Å². The van der Waals surface area contributed by atoms with Crippen LogP contribution in [-0.4, -0.2) is 34.6 Å². The fourth-order valence-corrected chi connectivity index (χ4v) is 3.08. The highest BCUT2D eigenvalue weighted by molar-refractivity contribution is 5.66. The van der Waals surface area contributed by atoms with Crippen molar-refractivity contribution in [3.8, 4) is 34.4 Å². The second-order valence-corrected chi connectivity index (χ2v) is 6.36. The number of nitrogens with two attached hydrogens (primary N) is 2. The molecule has 12 heteroatoms. The summed E-state index contributed by atoms with van der Waals surface area (Å²) in [5.41, 5.74) is 7.92. The molecule has 0 fully saturated rings. The van der Waals surface area contributed by atoms with Gasteiger partial charge in [-0.2, -0.15) is 0 Å². The quantitative estimate of drug-likeness (QED) is 0.239.